The first-order valence-electron chi connectivity index (χ1n) is 8.66. The second-order valence-corrected chi connectivity index (χ2v) is 6.28. The summed E-state index contributed by atoms with van der Waals surface area (Å²) in [5, 5.41) is 3.36. The molecule has 0 saturated heterocycles. The number of pyridine rings is 1. The summed E-state index contributed by atoms with van der Waals surface area (Å²) in [4.78, 5) is 21.6. The van der Waals surface area contributed by atoms with Gasteiger partial charge in [-0.05, 0) is 31.9 Å². The highest BCUT2D eigenvalue weighted by Crippen LogP contribution is 2.29. The van der Waals surface area contributed by atoms with E-state index in [0.717, 1.165) is 66.0 Å². The van der Waals surface area contributed by atoms with Crippen LogP contribution in [0.25, 0.3) is 11.3 Å². The van der Waals surface area contributed by atoms with Crippen molar-refractivity contribution >= 4 is 5.82 Å². The third-order valence-electron chi connectivity index (χ3n) is 4.28. The normalized spacial score (nSPS) is 12.5. The Morgan fingerprint density at radius 3 is 2.77 bits per heavy atom. The van der Waals surface area contributed by atoms with E-state index in [9.17, 15) is 0 Å². The fourth-order valence-corrected chi connectivity index (χ4v) is 3.04. The first-order chi connectivity index (χ1) is 12.7. The summed E-state index contributed by atoms with van der Waals surface area (Å²) in [5.41, 5.74) is 4.97. The van der Waals surface area contributed by atoms with Crippen LogP contribution in [-0.2, 0) is 12.8 Å². The molecule has 0 spiro atoms. The highest BCUT2D eigenvalue weighted by atomic mass is 16.5. The minimum atomic E-state index is 0.722. The summed E-state index contributed by atoms with van der Waals surface area (Å²) < 4.78 is 5.74. The van der Waals surface area contributed by atoms with E-state index in [1.165, 1.54) is 5.56 Å². The lowest BCUT2D eigenvalue weighted by atomic mass is 10.1. The van der Waals surface area contributed by atoms with Crippen molar-refractivity contribution in [2.45, 2.75) is 26.7 Å². The third kappa shape index (κ3) is 3.46. The van der Waals surface area contributed by atoms with Gasteiger partial charge in [0, 0.05) is 42.7 Å². The van der Waals surface area contributed by atoms with Crippen molar-refractivity contribution in [2.75, 3.05) is 18.5 Å². The number of aryl methyl sites for hydroxylation is 2. The molecule has 4 rings (SSSR count). The smallest absolute Gasteiger partial charge is 0.144 e. The predicted molar refractivity (Wildman–Crippen MR) is 98.2 cm³/mol. The Bertz CT molecular complexity index is 926. The average molecular weight is 348 g/mol. The van der Waals surface area contributed by atoms with E-state index in [0.29, 0.717) is 0 Å². The van der Waals surface area contributed by atoms with Crippen molar-refractivity contribution in [1.29, 1.82) is 0 Å². The Labute approximate surface area is 151 Å². The van der Waals surface area contributed by atoms with Gasteiger partial charge in [-0.1, -0.05) is 0 Å². The lowest BCUT2D eigenvalue weighted by Gasteiger charge is -2.10. The zero-order chi connectivity index (χ0) is 17.9. The van der Waals surface area contributed by atoms with Gasteiger partial charge in [0.25, 0.3) is 0 Å². The molecular weight excluding hydrogens is 328 g/mol. The van der Waals surface area contributed by atoms with Crippen molar-refractivity contribution in [2.24, 2.45) is 0 Å². The fourth-order valence-electron chi connectivity index (χ4n) is 3.04. The van der Waals surface area contributed by atoms with Crippen LogP contribution < -0.4 is 10.1 Å². The van der Waals surface area contributed by atoms with E-state index in [-0.39, 0.29) is 0 Å². The molecule has 1 aliphatic rings. The maximum Gasteiger partial charge on any atom is 0.144 e. The summed E-state index contributed by atoms with van der Waals surface area (Å²) in [7, 11) is 0. The van der Waals surface area contributed by atoms with Crippen molar-refractivity contribution in [3.05, 3.63) is 53.6 Å². The standard InChI is InChI=1S/C19H20N6O/c1-12-7-14(19-16(25-12)4-6-26-19)3-5-20-18-8-17(23-11-24-18)15-9-21-13(2)22-10-15/h7-11H,3-6H2,1-2H3,(H,20,23,24). The molecule has 0 amide bonds. The lowest BCUT2D eigenvalue weighted by Crippen LogP contribution is -2.08. The number of nitrogens with zero attached hydrogens (tertiary/aromatic N) is 5. The number of hydrogen-bond acceptors (Lipinski definition) is 7. The lowest BCUT2D eigenvalue weighted by molar-refractivity contribution is 0.353. The summed E-state index contributed by atoms with van der Waals surface area (Å²) in [6.45, 7) is 5.36. The number of nitrogens with one attached hydrogen (secondary N) is 1. The highest BCUT2D eigenvalue weighted by molar-refractivity contribution is 5.60. The van der Waals surface area contributed by atoms with Crippen molar-refractivity contribution < 1.29 is 4.74 Å². The Balaban J connectivity index is 1.44. The number of fused-ring (bicyclic) bond motifs is 1. The summed E-state index contributed by atoms with van der Waals surface area (Å²) in [6, 6.07) is 4.01. The molecule has 0 aromatic carbocycles. The molecular formula is C19H20N6O. The quantitative estimate of drug-likeness (QED) is 0.758. The highest BCUT2D eigenvalue weighted by Gasteiger charge is 2.18. The summed E-state index contributed by atoms with van der Waals surface area (Å²) in [6.07, 6.45) is 6.84. The van der Waals surface area contributed by atoms with Gasteiger partial charge in [0.2, 0.25) is 0 Å². The first-order valence-corrected chi connectivity index (χ1v) is 8.66. The van der Waals surface area contributed by atoms with E-state index in [1.54, 1.807) is 18.7 Å². The molecule has 7 heteroatoms. The number of rotatable bonds is 5. The maximum absolute atomic E-state index is 5.74. The molecule has 0 atom stereocenters. The van der Waals surface area contributed by atoms with Gasteiger partial charge in [0.1, 0.15) is 23.7 Å². The zero-order valence-electron chi connectivity index (χ0n) is 14.9. The number of anilines is 1. The van der Waals surface area contributed by atoms with Gasteiger partial charge in [0.15, 0.2) is 0 Å². The first kappa shape index (κ1) is 16.4. The second kappa shape index (κ2) is 7.03. The van der Waals surface area contributed by atoms with Crippen LogP contribution in [0.4, 0.5) is 5.82 Å². The molecule has 7 nitrogen and oxygen atoms in total. The summed E-state index contributed by atoms with van der Waals surface area (Å²) >= 11 is 0. The van der Waals surface area contributed by atoms with E-state index < -0.39 is 0 Å². The topological polar surface area (TPSA) is 85.7 Å². The van der Waals surface area contributed by atoms with Crippen LogP contribution >= 0.6 is 0 Å². The van der Waals surface area contributed by atoms with Gasteiger partial charge < -0.3 is 10.1 Å². The van der Waals surface area contributed by atoms with Crippen LogP contribution in [0.3, 0.4) is 0 Å². The molecule has 0 saturated carbocycles. The molecule has 1 aliphatic heterocycles. The Morgan fingerprint density at radius 1 is 1.08 bits per heavy atom. The van der Waals surface area contributed by atoms with E-state index in [4.69, 9.17) is 4.74 Å². The predicted octanol–water partition coefficient (Wildman–Crippen LogP) is 2.53. The summed E-state index contributed by atoms with van der Waals surface area (Å²) in [5.74, 6) is 2.47. The molecule has 0 bridgehead atoms. The van der Waals surface area contributed by atoms with Gasteiger partial charge in [-0.25, -0.2) is 19.9 Å². The van der Waals surface area contributed by atoms with Gasteiger partial charge in [-0.2, -0.15) is 0 Å². The van der Waals surface area contributed by atoms with E-state index >= 15 is 0 Å². The van der Waals surface area contributed by atoms with Crippen LogP contribution in [-0.4, -0.2) is 38.1 Å². The van der Waals surface area contributed by atoms with Crippen LogP contribution in [0.2, 0.25) is 0 Å². The minimum absolute atomic E-state index is 0.722. The van der Waals surface area contributed by atoms with E-state index in [1.807, 2.05) is 19.9 Å². The van der Waals surface area contributed by atoms with Gasteiger partial charge in [-0.3, -0.25) is 4.98 Å². The molecule has 0 radical (unpaired) electrons. The van der Waals surface area contributed by atoms with E-state index in [2.05, 4.69) is 36.3 Å². The maximum atomic E-state index is 5.74. The molecule has 0 unspecified atom stereocenters. The Hall–Kier alpha value is -3.09. The number of hydrogen-bond donors (Lipinski definition) is 1. The van der Waals surface area contributed by atoms with Crippen LogP contribution in [0, 0.1) is 13.8 Å². The number of ether oxygens (including phenoxy) is 1. The largest absolute Gasteiger partial charge is 0.491 e. The van der Waals surface area contributed by atoms with Crippen molar-refractivity contribution in [3.8, 4) is 17.0 Å². The van der Waals surface area contributed by atoms with Crippen LogP contribution in [0.15, 0.2) is 30.9 Å². The Morgan fingerprint density at radius 2 is 1.92 bits per heavy atom. The van der Waals surface area contributed by atoms with Crippen molar-refractivity contribution in [1.82, 2.24) is 24.9 Å². The zero-order valence-corrected chi connectivity index (χ0v) is 14.9. The average Bonchev–Trinajstić information content (AvgIpc) is 3.11. The van der Waals surface area contributed by atoms with Crippen LogP contribution in [0.1, 0.15) is 22.8 Å². The van der Waals surface area contributed by atoms with Gasteiger partial charge in [0.05, 0.1) is 18.0 Å². The van der Waals surface area contributed by atoms with Gasteiger partial charge in [-0.15, -0.1) is 0 Å². The third-order valence-corrected chi connectivity index (χ3v) is 4.28. The number of aromatic nitrogens is 5. The monoisotopic (exact) mass is 348 g/mol. The van der Waals surface area contributed by atoms with Crippen molar-refractivity contribution in [3.63, 3.8) is 0 Å². The molecule has 0 fully saturated rings. The fraction of sp³-hybridized carbons (Fsp3) is 0.316. The molecule has 1 N–H and O–H groups in total. The molecule has 26 heavy (non-hydrogen) atoms. The molecule has 3 aromatic heterocycles. The van der Waals surface area contributed by atoms with Gasteiger partial charge >= 0.3 is 0 Å². The molecule has 0 aliphatic carbocycles. The molecule has 4 heterocycles. The Kier molecular flexibility index (Phi) is 4.43. The molecule has 132 valence electrons. The minimum Gasteiger partial charge on any atom is -0.491 e. The molecule has 3 aromatic rings. The van der Waals surface area contributed by atoms with Crippen LogP contribution in [0.5, 0.6) is 5.75 Å². The SMILES string of the molecule is Cc1cc(CCNc2cc(-c3cnc(C)nc3)ncn2)c2c(n1)CCO2. The second-order valence-electron chi connectivity index (χ2n) is 6.28.